The highest BCUT2D eigenvalue weighted by Crippen LogP contribution is 2.47. The van der Waals surface area contributed by atoms with E-state index in [1.807, 2.05) is 0 Å². The molecule has 0 fully saturated rings. The second-order valence-corrected chi connectivity index (χ2v) is 15.0. The number of carbonyl (C=O) groups excluding carboxylic acids is 1. The quantitative estimate of drug-likeness (QED) is 0.0815. The zero-order chi connectivity index (χ0) is 37.1. The predicted molar refractivity (Wildman–Crippen MR) is 216 cm³/mol. The lowest BCUT2D eigenvalue weighted by Gasteiger charge is -2.27. The maximum Gasteiger partial charge on any atom is 0.228 e. The molecule has 3 aromatic rings. The van der Waals surface area contributed by atoms with Gasteiger partial charge in [-0.25, -0.2) is 0 Å². The topological polar surface area (TPSA) is 86.0 Å². The van der Waals surface area contributed by atoms with Crippen LogP contribution in [-0.4, -0.2) is 57.3 Å². The molecule has 2 aliphatic heterocycles. The van der Waals surface area contributed by atoms with Crippen LogP contribution in [0.25, 0.3) is 0 Å². The number of allylic oxidation sites excluding steroid dienone is 8. The molecule has 0 atom stereocenters. The number of anilines is 2. The smallest absolute Gasteiger partial charge is 0.228 e. The molecule has 8 nitrogen and oxygen atoms in total. The van der Waals surface area contributed by atoms with Crippen LogP contribution in [0.2, 0.25) is 10.6 Å². The number of nitrogens with one attached hydrogen (secondary N) is 2. The molecule has 0 saturated heterocycles. The fourth-order valence-electron chi connectivity index (χ4n) is 7.17. The van der Waals surface area contributed by atoms with Crippen molar-refractivity contribution >= 4 is 52.1 Å². The monoisotopic (exact) mass is 740 g/mol. The molecule has 2 aliphatic rings. The van der Waals surface area contributed by atoms with Gasteiger partial charge in [0.15, 0.2) is 5.71 Å². The highest BCUT2D eigenvalue weighted by molar-refractivity contribution is 6.31. The maximum absolute atomic E-state index is 12.4. The van der Waals surface area contributed by atoms with Crippen molar-refractivity contribution in [3.63, 3.8) is 0 Å². The molecule has 0 spiro atoms. The number of carbonyl (C=O) groups is 1. The first kappa shape index (κ1) is 38.9. The average molecular weight is 742 g/mol. The van der Waals surface area contributed by atoms with Gasteiger partial charge in [-0.2, -0.15) is 19.5 Å². The summed E-state index contributed by atoms with van der Waals surface area (Å²) >= 11 is 11.6. The molecule has 2 aromatic carbocycles. The molecule has 1 aromatic heterocycles. The molecular weight excluding hydrogens is 689 g/mol. The van der Waals surface area contributed by atoms with Crippen LogP contribution in [0, 0.1) is 0 Å². The van der Waals surface area contributed by atoms with Gasteiger partial charge in [-0.1, -0.05) is 94.0 Å². The Morgan fingerprint density at radius 3 is 2.27 bits per heavy atom. The zero-order valence-electron chi connectivity index (χ0n) is 31.1. The number of amides is 1. The zero-order valence-corrected chi connectivity index (χ0v) is 32.6. The van der Waals surface area contributed by atoms with Crippen LogP contribution in [0.1, 0.15) is 84.3 Å². The Morgan fingerprint density at radius 2 is 1.50 bits per heavy atom. The van der Waals surface area contributed by atoms with Crippen LogP contribution in [0.3, 0.4) is 0 Å². The van der Waals surface area contributed by atoms with Crippen molar-refractivity contribution in [3.05, 3.63) is 118 Å². The molecular formula is C42H52Cl2N7O+. The summed E-state index contributed by atoms with van der Waals surface area (Å²) in [6.07, 6.45) is 20.8. The summed E-state index contributed by atoms with van der Waals surface area (Å²) in [5.74, 6) is 0.307. The number of hydrogen-bond acceptors (Lipinski definition) is 6. The number of benzene rings is 2. The van der Waals surface area contributed by atoms with E-state index in [-0.39, 0.29) is 33.3 Å². The van der Waals surface area contributed by atoms with Crippen LogP contribution in [0.5, 0.6) is 0 Å². The highest BCUT2D eigenvalue weighted by Gasteiger charge is 2.43. The second-order valence-electron chi connectivity index (χ2n) is 14.3. The van der Waals surface area contributed by atoms with E-state index in [0.717, 1.165) is 32.4 Å². The Kier molecular flexibility index (Phi) is 13.5. The van der Waals surface area contributed by atoms with Crippen molar-refractivity contribution in [3.8, 4) is 0 Å². The first-order valence-corrected chi connectivity index (χ1v) is 19.2. The third-order valence-electron chi connectivity index (χ3n) is 9.88. The number of aromatic nitrogens is 3. The summed E-state index contributed by atoms with van der Waals surface area (Å²) in [6, 6.07) is 17.5. The molecule has 0 aliphatic carbocycles. The summed E-state index contributed by atoms with van der Waals surface area (Å²) in [5.41, 5.74) is 7.82. The first-order valence-electron chi connectivity index (χ1n) is 18.5. The Hall–Kier alpha value is -4.27. The van der Waals surface area contributed by atoms with Gasteiger partial charge in [0.05, 0.1) is 5.41 Å². The standard InChI is InChI=1S/C42H51Cl2N7O/c1-6-7-29-50-33-22-17-15-20-31(33)41(2,3)35(50)24-12-9-8-10-13-25-36-42(4,5)32-21-16-18-23-34(32)51(36)30-19-11-14-26-37(52)45-27-28-46-40-48-38(43)47-39(44)49-40/h8-10,12-13,15-18,20-25H,6-7,11,14,19,26-30H2,1-5H3,(H-,45,46,47,48,49,52)/p+1. The summed E-state index contributed by atoms with van der Waals surface area (Å²) in [7, 11) is 0. The van der Waals surface area contributed by atoms with E-state index >= 15 is 0 Å². The third-order valence-corrected chi connectivity index (χ3v) is 10.2. The van der Waals surface area contributed by atoms with Gasteiger partial charge in [-0.3, -0.25) is 4.79 Å². The highest BCUT2D eigenvalue weighted by atomic mass is 35.5. The van der Waals surface area contributed by atoms with Crippen LogP contribution in [0.15, 0.2) is 96.8 Å². The lowest BCUT2D eigenvalue weighted by Crippen LogP contribution is -2.29. The molecule has 0 bridgehead atoms. The minimum atomic E-state index is -0.113. The molecule has 0 radical (unpaired) electrons. The van der Waals surface area contributed by atoms with E-state index in [1.54, 1.807) is 0 Å². The van der Waals surface area contributed by atoms with E-state index < -0.39 is 0 Å². The van der Waals surface area contributed by atoms with Crippen molar-refractivity contribution in [2.75, 3.05) is 36.4 Å². The second kappa shape index (κ2) is 18.0. The van der Waals surface area contributed by atoms with Gasteiger partial charge < -0.3 is 15.5 Å². The Morgan fingerprint density at radius 1 is 0.808 bits per heavy atom. The van der Waals surface area contributed by atoms with Crippen molar-refractivity contribution in [2.45, 2.75) is 84.0 Å². The molecule has 10 heteroatoms. The average Bonchev–Trinajstić information content (AvgIpc) is 3.46. The lowest BCUT2D eigenvalue weighted by atomic mass is 9.81. The minimum absolute atomic E-state index is 0.0202. The van der Waals surface area contributed by atoms with Gasteiger partial charge in [0.25, 0.3) is 0 Å². The van der Waals surface area contributed by atoms with E-state index in [2.05, 4.69) is 161 Å². The van der Waals surface area contributed by atoms with Gasteiger partial charge in [-0.05, 0) is 74.0 Å². The number of rotatable bonds is 17. The summed E-state index contributed by atoms with van der Waals surface area (Å²) < 4.78 is 2.45. The SMILES string of the molecule is CCCCN1C(=CC=CC=CC=CC2=[N+](CCCCCC(=O)NCCNc3nc(Cl)nc(Cl)n3)c3ccccc3C2(C)C)C(C)(C)c2ccccc21. The summed E-state index contributed by atoms with van der Waals surface area (Å²) in [4.78, 5) is 26.6. The molecule has 1 amide bonds. The lowest BCUT2D eigenvalue weighted by molar-refractivity contribution is -0.438. The third kappa shape index (κ3) is 9.39. The molecule has 3 heterocycles. The fraction of sp³-hybridized carbons (Fsp3) is 0.405. The first-order chi connectivity index (χ1) is 25.0. The van der Waals surface area contributed by atoms with Crippen molar-refractivity contribution in [1.82, 2.24) is 20.3 Å². The number of hydrogen-bond donors (Lipinski definition) is 2. The van der Waals surface area contributed by atoms with Gasteiger partial charge in [-0.15, -0.1) is 0 Å². The van der Waals surface area contributed by atoms with E-state index in [0.29, 0.717) is 19.5 Å². The Bertz CT molecular complexity index is 1850. The number of para-hydroxylation sites is 2. The van der Waals surface area contributed by atoms with Crippen LogP contribution in [-0.2, 0) is 15.6 Å². The molecule has 52 heavy (non-hydrogen) atoms. The van der Waals surface area contributed by atoms with Crippen LogP contribution in [0.4, 0.5) is 17.3 Å². The van der Waals surface area contributed by atoms with Gasteiger partial charge in [0.1, 0.15) is 6.54 Å². The van der Waals surface area contributed by atoms with Gasteiger partial charge in [0.2, 0.25) is 28.1 Å². The van der Waals surface area contributed by atoms with E-state index in [1.165, 1.54) is 46.8 Å². The largest absolute Gasteiger partial charge is 0.354 e. The fourth-order valence-corrected chi connectivity index (χ4v) is 7.53. The summed E-state index contributed by atoms with van der Waals surface area (Å²) in [5, 5.41) is 5.97. The van der Waals surface area contributed by atoms with Crippen molar-refractivity contribution in [1.29, 1.82) is 0 Å². The van der Waals surface area contributed by atoms with E-state index in [4.69, 9.17) is 23.2 Å². The Balaban J connectivity index is 1.15. The van der Waals surface area contributed by atoms with Crippen molar-refractivity contribution in [2.24, 2.45) is 0 Å². The van der Waals surface area contributed by atoms with Gasteiger partial charge in [0, 0.05) is 67.0 Å². The molecule has 274 valence electrons. The number of fused-ring (bicyclic) bond motifs is 2. The Labute approximate surface area is 319 Å². The van der Waals surface area contributed by atoms with Crippen LogP contribution < -0.4 is 15.5 Å². The predicted octanol–water partition coefficient (Wildman–Crippen LogP) is 9.49. The minimum Gasteiger partial charge on any atom is -0.354 e. The normalized spacial score (nSPS) is 16.8. The maximum atomic E-state index is 12.4. The number of nitrogens with zero attached hydrogens (tertiary/aromatic N) is 5. The van der Waals surface area contributed by atoms with Gasteiger partial charge >= 0.3 is 0 Å². The van der Waals surface area contributed by atoms with E-state index in [9.17, 15) is 4.79 Å². The number of unbranched alkanes of at least 4 members (excludes halogenated alkanes) is 3. The molecule has 0 saturated carbocycles. The molecule has 2 N–H and O–H groups in total. The molecule has 0 unspecified atom stereocenters. The van der Waals surface area contributed by atoms with Crippen LogP contribution >= 0.6 is 23.2 Å². The molecule has 5 rings (SSSR count). The summed E-state index contributed by atoms with van der Waals surface area (Å²) in [6.45, 7) is 14.3. The van der Waals surface area contributed by atoms with Crippen molar-refractivity contribution < 1.29 is 9.37 Å². The number of halogens is 2.